The molecule has 2 rings (SSSR count). The predicted molar refractivity (Wildman–Crippen MR) is 65.5 cm³/mol. The van der Waals surface area contributed by atoms with Crippen molar-refractivity contribution in [2.24, 2.45) is 5.92 Å². The average molecular weight is 288 g/mol. The lowest BCUT2D eigenvalue weighted by molar-refractivity contribution is -0.124. The van der Waals surface area contributed by atoms with Gasteiger partial charge >= 0.3 is 0 Å². The van der Waals surface area contributed by atoms with Crippen molar-refractivity contribution in [1.82, 2.24) is 10.1 Å². The van der Waals surface area contributed by atoms with E-state index in [0.29, 0.717) is 31.0 Å². The van der Waals surface area contributed by atoms with Crippen molar-refractivity contribution in [3.63, 3.8) is 0 Å². The fourth-order valence-corrected chi connectivity index (χ4v) is 2.29. The number of hydrogen-bond acceptors (Lipinski definition) is 5. The van der Waals surface area contributed by atoms with Crippen LogP contribution in [0.3, 0.4) is 0 Å². The lowest BCUT2D eigenvalue weighted by Gasteiger charge is -2.18. The highest BCUT2D eigenvalue weighted by molar-refractivity contribution is 5.81. The van der Waals surface area contributed by atoms with Crippen LogP contribution in [0.25, 0.3) is 0 Å². The van der Waals surface area contributed by atoms with Crippen molar-refractivity contribution in [1.29, 1.82) is 0 Å². The van der Waals surface area contributed by atoms with E-state index in [1.54, 1.807) is 0 Å². The monoisotopic (exact) mass is 288 g/mol. The van der Waals surface area contributed by atoms with Crippen molar-refractivity contribution >= 4 is 5.78 Å². The summed E-state index contributed by atoms with van der Waals surface area (Å²) in [5.74, 6) is 1.11. The fourth-order valence-electron chi connectivity index (χ4n) is 2.29. The Morgan fingerprint density at radius 2 is 2.25 bits per heavy atom. The SMILES string of the molecule is O=C1CCCCC1Cc1nc(CCOCC(F)F)no1. The summed E-state index contributed by atoms with van der Waals surface area (Å²) in [4.78, 5) is 15.9. The van der Waals surface area contributed by atoms with E-state index < -0.39 is 13.0 Å². The van der Waals surface area contributed by atoms with Crippen LogP contribution in [0.1, 0.15) is 37.4 Å². The highest BCUT2D eigenvalue weighted by atomic mass is 19.3. The van der Waals surface area contributed by atoms with Crippen molar-refractivity contribution in [3.8, 4) is 0 Å². The van der Waals surface area contributed by atoms with E-state index in [0.717, 1.165) is 19.3 Å². The smallest absolute Gasteiger partial charge is 0.261 e. The Hall–Kier alpha value is -1.37. The van der Waals surface area contributed by atoms with E-state index in [1.807, 2.05) is 0 Å². The highest BCUT2D eigenvalue weighted by Crippen LogP contribution is 2.23. The zero-order valence-electron chi connectivity index (χ0n) is 11.2. The fraction of sp³-hybridized carbons (Fsp3) is 0.769. The Morgan fingerprint density at radius 3 is 3.00 bits per heavy atom. The number of halogens is 2. The molecule has 1 unspecified atom stereocenters. The maximum absolute atomic E-state index is 11.9. The van der Waals surface area contributed by atoms with Gasteiger partial charge < -0.3 is 9.26 Å². The minimum Gasteiger partial charge on any atom is -0.375 e. The Kier molecular flexibility index (Phi) is 5.58. The number of aromatic nitrogens is 2. The molecule has 20 heavy (non-hydrogen) atoms. The molecule has 0 bridgehead atoms. The van der Waals surface area contributed by atoms with Gasteiger partial charge in [-0.25, -0.2) is 8.78 Å². The van der Waals surface area contributed by atoms with Gasteiger partial charge in [0.15, 0.2) is 5.82 Å². The number of carbonyl (C=O) groups excluding carboxylic acids is 1. The molecule has 0 aromatic carbocycles. The van der Waals surface area contributed by atoms with E-state index in [9.17, 15) is 13.6 Å². The number of Topliss-reactive ketones (excluding diaryl/α,β-unsaturated/α-hetero) is 1. The van der Waals surface area contributed by atoms with Gasteiger partial charge in [-0.15, -0.1) is 0 Å². The molecule has 7 heteroatoms. The molecule has 0 saturated heterocycles. The number of ether oxygens (including phenoxy) is 1. The van der Waals surface area contributed by atoms with Crippen molar-refractivity contribution in [3.05, 3.63) is 11.7 Å². The summed E-state index contributed by atoms with van der Waals surface area (Å²) in [6.07, 6.45) is 1.86. The molecule has 1 atom stereocenters. The lowest BCUT2D eigenvalue weighted by Crippen LogP contribution is -2.21. The summed E-state index contributed by atoms with van der Waals surface area (Å²) in [7, 11) is 0. The maximum Gasteiger partial charge on any atom is 0.261 e. The van der Waals surface area contributed by atoms with E-state index in [2.05, 4.69) is 10.1 Å². The van der Waals surface area contributed by atoms with Gasteiger partial charge in [-0.1, -0.05) is 11.6 Å². The summed E-state index contributed by atoms with van der Waals surface area (Å²) in [6, 6.07) is 0. The van der Waals surface area contributed by atoms with Gasteiger partial charge in [0.1, 0.15) is 12.4 Å². The molecule has 1 aliphatic carbocycles. The van der Waals surface area contributed by atoms with Crippen LogP contribution >= 0.6 is 0 Å². The molecule has 0 amide bonds. The quantitative estimate of drug-likeness (QED) is 0.720. The minimum absolute atomic E-state index is 0.0212. The van der Waals surface area contributed by atoms with Gasteiger partial charge in [-0.3, -0.25) is 4.79 Å². The Balaban J connectivity index is 1.75. The largest absolute Gasteiger partial charge is 0.375 e. The standard InChI is InChI=1S/C13H18F2N2O3/c14-11(15)8-19-6-5-12-16-13(20-17-12)7-9-3-1-2-4-10(9)18/h9,11H,1-8H2. The predicted octanol–water partition coefficient (Wildman–Crippen LogP) is 2.20. The number of nitrogens with zero attached hydrogens (tertiary/aromatic N) is 2. The van der Waals surface area contributed by atoms with Crippen LogP contribution in [0.15, 0.2) is 4.52 Å². The molecule has 0 radical (unpaired) electrons. The zero-order valence-corrected chi connectivity index (χ0v) is 11.2. The molecule has 1 aromatic rings. The molecule has 1 heterocycles. The van der Waals surface area contributed by atoms with E-state index in [1.165, 1.54) is 0 Å². The van der Waals surface area contributed by atoms with Crippen LogP contribution in [0.2, 0.25) is 0 Å². The first-order valence-corrected chi connectivity index (χ1v) is 6.85. The Labute approximate surface area is 115 Å². The normalized spacial score (nSPS) is 19.8. The van der Waals surface area contributed by atoms with Gasteiger partial charge in [-0.05, 0) is 12.8 Å². The topological polar surface area (TPSA) is 65.2 Å². The number of rotatable bonds is 7. The molecule has 1 fully saturated rings. The first-order valence-electron chi connectivity index (χ1n) is 6.85. The molecule has 112 valence electrons. The molecular formula is C13H18F2N2O3. The van der Waals surface area contributed by atoms with E-state index in [4.69, 9.17) is 9.26 Å². The lowest BCUT2D eigenvalue weighted by atomic mass is 9.86. The number of alkyl halides is 2. The first-order chi connectivity index (χ1) is 9.65. The van der Waals surface area contributed by atoms with Gasteiger partial charge in [-0.2, -0.15) is 4.98 Å². The zero-order chi connectivity index (χ0) is 14.4. The van der Waals surface area contributed by atoms with Crippen LogP contribution < -0.4 is 0 Å². The minimum atomic E-state index is -2.46. The Bertz CT molecular complexity index is 437. The molecule has 0 N–H and O–H groups in total. The molecular weight excluding hydrogens is 270 g/mol. The molecule has 5 nitrogen and oxygen atoms in total. The molecule has 1 aliphatic rings. The maximum atomic E-state index is 11.9. The van der Waals surface area contributed by atoms with Crippen LogP contribution in [0.4, 0.5) is 8.78 Å². The second-order valence-electron chi connectivity index (χ2n) is 4.93. The number of carbonyl (C=O) groups is 1. The summed E-state index contributed by atoms with van der Waals surface area (Å²) in [5, 5.41) is 3.76. The molecule has 0 aliphatic heterocycles. The van der Waals surface area contributed by atoms with Crippen molar-refractivity contribution in [2.45, 2.75) is 45.0 Å². The third-order valence-corrected chi connectivity index (χ3v) is 3.33. The van der Waals surface area contributed by atoms with Gasteiger partial charge in [0.25, 0.3) is 6.43 Å². The first kappa shape index (κ1) is 15.0. The summed E-state index contributed by atoms with van der Waals surface area (Å²) >= 11 is 0. The van der Waals surface area contributed by atoms with Gasteiger partial charge in [0, 0.05) is 25.2 Å². The van der Waals surface area contributed by atoms with E-state index >= 15 is 0 Å². The number of hydrogen-bond donors (Lipinski definition) is 0. The van der Waals surface area contributed by atoms with Crippen LogP contribution in [0.5, 0.6) is 0 Å². The average Bonchev–Trinajstić information content (AvgIpc) is 2.85. The third-order valence-electron chi connectivity index (χ3n) is 3.33. The second-order valence-corrected chi connectivity index (χ2v) is 4.93. The van der Waals surface area contributed by atoms with Crippen LogP contribution in [-0.4, -0.2) is 35.6 Å². The summed E-state index contributed by atoms with van der Waals surface area (Å²) in [6.45, 7) is -0.451. The van der Waals surface area contributed by atoms with Gasteiger partial charge in [0.05, 0.1) is 6.61 Å². The van der Waals surface area contributed by atoms with Crippen LogP contribution in [0, 0.1) is 5.92 Å². The Morgan fingerprint density at radius 1 is 1.40 bits per heavy atom. The third kappa shape index (κ3) is 4.63. The van der Waals surface area contributed by atoms with Gasteiger partial charge in [0.2, 0.25) is 5.89 Å². The van der Waals surface area contributed by atoms with E-state index in [-0.39, 0.29) is 18.3 Å². The molecule has 0 spiro atoms. The summed E-state index contributed by atoms with van der Waals surface area (Å²) in [5.41, 5.74) is 0. The van der Waals surface area contributed by atoms with Crippen LogP contribution in [-0.2, 0) is 22.4 Å². The molecule has 1 saturated carbocycles. The summed E-state index contributed by atoms with van der Waals surface area (Å²) < 4.78 is 33.5. The molecule has 1 aromatic heterocycles. The second kappa shape index (κ2) is 7.42. The number of ketones is 1. The highest BCUT2D eigenvalue weighted by Gasteiger charge is 2.24. The van der Waals surface area contributed by atoms with Crippen molar-refractivity contribution < 1.29 is 22.8 Å². The van der Waals surface area contributed by atoms with Crippen molar-refractivity contribution in [2.75, 3.05) is 13.2 Å².